The summed E-state index contributed by atoms with van der Waals surface area (Å²) >= 11 is 6.08. The van der Waals surface area contributed by atoms with E-state index in [-0.39, 0.29) is 0 Å². The van der Waals surface area contributed by atoms with Gasteiger partial charge in [-0.3, -0.25) is 0 Å². The summed E-state index contributed by atoms with van der Waals surface area (Å²) in [5.74, 6) is 0.830. The van der Waals surface area contributed by atoms with E-state index < -0.39 is 0 Å². The summed E-state index contributed by atoms with van der Waals surface area (Å²) in [6.45, 7) is 7.74. The van der Waals surface area contributed by atoms with Crippen molar-refractivity contribution in [1.82, 2.24) is 9.55 Å². The van der Waals surface area contributed by atoms with Gasteiger partial charge in [0.15, 0.2) is 0 Å². The van der Waals surface area contributed by atoms with Crippen molar-refractivity contribution >= 4 is 17.3 Å². The Hall–Kier alpha value is -1.68. The minimum Gasteiger partial charge on any atom is -0.491 e. The second kappa shape index (κ2) is 7.36. The molecule has 2 aromatic rings. The minimum atomic E-state index is 0.388. The molecule has 21 heavy (non-hydrogen) atoms. The molecule has 0 saturated carbocycles. The molecule has 0 saturated heterocycles. The fourth-order valence-corrected chi connectivity index (χ4v) is 2.27. The van der Waals surface area contributed by atoms with Crippen molar-refractivity contribution in [3.05, 3.63) is 41.4 Å². The molecule has 0 aliphatic rings. The molecule has 1 aromatic heterocycles. The average Bonchev–Trinajstić information content (AvgIpc) is 2.92. The Labute approximate surface area is 131 Å². The highest BCUT2D eigenvalue weighted by molar-refractivity contribution is 6.30. The Morgan fingerprint density at radius 1 is 1.38 bits per heavy atom. The molecule has 4 nitrogen and oxygen atoms in total. The topological polar surface area (TPSA) is 39.1 Å². The Morgan fingerprint density at radius 3 is 2.90 bits per heavy atom. The largest absolute Gasteiger partial charge is 0.491 e. The third-order valence-corrected chi connectivity index (χ3v) is 3.40. The van der Waals surface area contributed by atoms with Crippen LogP contribution in [-0.2, 0) is 6.54 Å². The summed E-state index contributed by atoms with van der Waals surface area (Å²) in [4.78, 5) is 4.21. The van der Waals surface area contributed by atoms with Crippen molar-refractivity contribution in [2.75, 3.05) is 11.9 Å². The lowest BCUT2D eigenvalue weighted by Gasteiger charge is -2.15. The number of imidazole rings is 1. The Kier molecular flexibility index (Phi) is 5.51. The van der Waals surface area contributed by atoms with Gasteiger partial charge in [0, 0.05) is 17.3 Å². The predicted octanol–water partition coefficient (Wildman–Crippen LogP) is 4.52. The van der Waals surface area contributed by atoms with Gasteiger partial charge in [-0.05, 0) is 38.5 Å². The lowest BCUT2D eigenvalue weighted by Crippen LogP contribution is -2.09. The lowest BCUT2D eigenvalue weighted by molar-refractivity contribution is 0.319. The molecule has 0 amide bonds. The molecule has 0 bridgehead atoms. The van der Waals surface area contributed by atoms with Crippen LogP contribution >= 0.6 is 11.6 Å². The van der Waals surface area contributed by atoms with Gasteiger partial charge in [0.2, 0.25) is 0 Å². The molecule has 1 heterocycles. The van der Waals surface area contributed by atoms with Crippen molar-refractivity contribution in [3.63, 3.8) is 0 Å². The second-order valence-electron chi connectivity index (χ2n) is 5.23. The van der Waals surface area contributed by atoms with E-state index >= 15 is 0 Å². The summed E-state index contributed by atoms with van der Waals surface area (Å²) in [7, 11) is 0. The number of aromatic nitrogens is 2. The molecule has 0 aliphatic heterocycles. The molecule has 1 N–H and O–H groups in total. The third-order valence-electron chi connectivity index (χ3n) is 3.17. The van der Waals surface area contributed by atoms with Gasteiger partial charge in [-0.15, -0.1) is 0 Å². The summed E-state index contributed by atoms with van der Waals surface area (Å²) in [5.41, 5.74) is 2.04. The van der Waals surface area contributed by atoms with E-state index in [2.05, 4.69) is 35.6 Å². The van der Waals surface area contributed by atoms with E-state index in [4.69, 9.17) is 16.3 Å². The predicted molar refractivity (Wildman–Crippen MR) is 87.2 cm³/mol. The maximum absolute atomic E-state index is 6.08. The number of nitrogens with one attached hydrogen (secondary N) is 1. The van der Waals surface area contributed by atoms with E-state index in [1.807, 2.05) is 30.7 Å². The maximum Gasteiger partial charge on any atom is 0.142 e. The minimum absolute atomic E-state index is 0.388. The standard InChI is InChI=1S/C16H22ClN3O/c1-4-7-21-16-6-5-13(17)8-15(16)19-10-14-9-18-11-20(14)12(2)3/h5-6,8-9,11-12,19H,4,7,10H2,1-3H3. The van der Waals surface area contributed by atoms with Crippen LogP contribution in [0.25, 0.3) is 0 Å². The normalized spacial score (nSPS) is 10.9. The number of benzene rings is 1. The first-order chi connectivity index (χ1) is 10.1. The fourth-order valence-electron chi connectivity index (χ4n) is 2.10. The Balaban J connectivity index is 2.11. The van der Waals surface area contributed by atoms with Crippen molar-refractivity contribution in [2.45, 2.75) is 39.8 Å². The van der Waals surface area contributed by atoms with Gasteiger partial charge in [-0.25, -0.2) is 4.98 Å². The molecule has 2 rings (SSSR count). The molecule has 0 spiro atoms. The van der Waals surface area contributed by atoms with Crippen LogP contribution in [0, 0.1) is 0 Å². The summed E-state index contributed by atoms with van der Waals surface area (Å²) in [6.07, 6.45) is 4.71. The molecule has 1 aromatic carbocycles. The highest BCUT2D eigenvalue weighted by Gasteiger charge is 2.08. The lowest BCUT2D eigenvalue weighted by atomic mass is 10.2. The van der Waals surface area contributed by atoms with Gasteiger partial charge in [0.05, 0.1) is 30.9 Å². The monoisotopic (exact) mass is 307 g/mol. The first-order valence-electron chi connectivity index (χ1n) is 7.28. The number of nitrogens with zero attached hydrogens (tertiary/aromatic N) is 2. The Bertz CT molecular complexity index is 581. The number of halogens is 1. The molecule has 5 heteroatoms. The molecule has 0 unspecified atom stereocenters. The van der Waals surface area contributed by atoms with E-state index in [1.165, 1.54) is 0 Å². The second-order valence-corrected chi connectivity index (χ2v) is 5.66. The molecule has 0 radical (unpaired) electrons. The zero-order valence-corrected chi connectivity index (χ0v) is 13.5. The SMILES string of the molecule is CCCOc1ccc(Cl)cc1NCc1cncn1C(C)C. The van der Waals surface area contributed by atoms with Crippen LogP contribution in [-0.4, -0.2) is 16.2 Å². The number of hydrogen-bond acceptors (Lipinski definition) is 3. The summed E-state index contributed by atoms with van der Waals surface area (Å²) in [6, 6.07) is 6.03. The van der Waals surface area contributed by atoms with Crippen molar-refractivity contribution in [3.8, 4) is 5.75 Å². The number of hydrogen-bond donors (Lipinski definition) is 1. The van der Waals surface area contributed by atoms with Gasteiger partial charge >= 0.3 is 0 Å². The summed E-state index contributed by atoms with van der Waals surface area (Å²) in [5, 5.41) is 4.08. The molecule has 114 valence electrons. The zero-order valence-electron chi connectivity index (χ0n) is 12.8. The number of ether oxygens (including phenoxy) is 1. The molecule has 0 atom stereocenters. The quantitative estimate of drug-likeness (QED) is 0.817. The number of rotatable bonds is 7. The maximum atomic E-state index is 6.08. The van der Waals surface area contributed by atoms with E-state index in [1.54, 1.807) is 0 Å². The molecule has 0 aliphatic carbocycles. The molecular formula is C16H22ClN3O. The van der Waals surface area contributed by atoms with E-state index in [0.717, 1.165) is 23.6 Å². The van der Waals surface area contributed by atoms with Crippen LogP contribution in [0.3, 0.4) is 0 Å². The highest BCUT2D eigenvalue weighted by atomic mass is 35.5. The molecular weight excluding hydrogens is 286 g/mol. The number of anilines is 1. The van der Waals surface area contributed by atoms with Crippen LogP contribution in [0.1, 0.15) is 38.9 Å². The van der Waals surface area contributed by atoms with Crippen molar-refractivity contribution < 1.29 is 4.74 Å². The van der Waals surface area contributed by atoms with E-state index in [0.29, 0.717) is 24.2 Å². The van der Waals surface area contributed by atoms with E-state index in [9.17, 15) is 0 Å². The van der Waals surface area contributed by atoms with Crippen LogP contribution in [0.4, 0.5) is 5.69 Å². The van der Waals surface area contributed by atoms with Gasteiger partial charge < -0.3 is 14.6 Å². The van der Waals surface area contributed by atoms with Crippen LogP contribution in [0.15, 0.2) is 30.7 Å². The zero-order chi connectivity index (χ0) is 15.2. The first-order valence-corrected chi connectivity index (χ1v) is 7.66. The molecule has 0 fully saturated rings. The van der Waals surface area contributed by atoms with Crippen LogP contribution in [0.5, 0.6) is 5.75 Å². The van der Waals surface area contributed by atoms with Crippen LogP contribution < -0.4 is 10.1 Å². The highest BCUT2D eigenvalue weighted by Crippen LogP contribution is 2.28. The Morgan fingerprint density at radius 2 is 2.19 bits per heavy atom. The fraction of sp³-hybridized carbons (Fsp3) is 0.438. The average molecular weight is 308 g/mol. The van der Waals surface area contributed by atoms with Gasteiger partial charge in [-0.1, -0.05) is 18.5 Å². The van der Waals surface area contributed by atoms with Crippen molar-refractivity contribution in [2.24, 2.45) is 0 Å². The van der Waals surface area contributed by atoms with Crippen LogP contribution in [0.2, 0.25) is 5.02 Å². The summed E-state index contributed by atoms with van der Waals surface area (Å²) < 4.78 is 7.89. The van der Waals surface area contributed by atoms with Gasteiger partial charge in [-0.2, -0.15) is 0 Å². The van der Waals surface area contributed by atoms with Gasteiger partial charge in [0.25, 0.3) is 0 Å². The third kappa shape index (κ3) is 4.14. The smallest absolute Gasteiger partial charge is 0.142 e. The van der Waals surface area contributed by atoms with Gasteiger partial charge in [0.1, 0.15) is 5.75 Å². The van der Waals surface area contributed by atoms with Crippen molar-refractivity contribution in [1.29, 1.82) is 0 Å². The first kappa shape index (κ1) is 15.7.